The number of piperidine rings is 1. The lowest BCUT2D eigenvalue weighted by atomic mass is 9.97. The van der Waals surface area contributed by atoms with Crippen molar-refractivity contribution in [3.05, 3.63) is 53.5 Å². The van der Waals surface area contributed by atoms with Crippen molar-refractivity contribution < 1.29 is 18.2 Å². The molecular formula is C18H17FN4O3. The predicted octanol–water partition coefficient (Wildman–Crippen LogP) is 3.19. The van der Waals surface area contributed by atoms with E-state index < -0.39 is 0 Å². The molecule has 0 saturated carbocycles. The van der Waals surface area contributed by atoms with E-state index in [0.29, 0.717) is 41.7 Å². The van der Waals surface area contributed by atoms with Gasteiger partial charge in [-0.2, -0.15) is 4.98 Å². The molecule has 1 saturated heterocycles. The van der Waals surface area contributed by atoms with Gasteiger partial charge >= 0.3 is 0 Å². The van der Waals surface area contributed by atoms with Crippen LogP contribution in [0.5, 0.6) is 0 Å². The number of hydrogen-bond donors (Lipinski definition) is 0. The number of rotatable bonds is 3. The molecule has 134 valence electrons. The fraction of sp³-hybridized carbons (Fsp3) is 0.333. The van der Waals surface area contributed by atoms with Gasteiger partial charge in [0.05, 0.1) is 12.1 Å². The highest BCUT2D eigenvalue weighted by atomic mass is 19.1. The molecule has 1 aromatic carbocycles. The van der Waals surface area contributed by atoms with Crippen LogP contribution in [0.1, 0.15) is 40.8 Å². The normalized spacial score (nSPS) is 17.5. The number of benzene rings is 1. The molecule has 1 fully saturated rings. The Labute approximate surface area is 148 Å². The summed E-state index contributed by atoms with van der Waals surface area (Å²) in [5, 5.41) is 7.66. The Hall–Kier alpha value is -3.03. The highest BCUT2D eigenvalue weighted by molar-refractivity contribution is 5.94. The quantitative estimate of drug-likeness (QED) is 0.716. The van der Waals surface area contributed by atoms with E-state index in [4.69, 9.17) is 9.05 Å². The monoisotopic (exact) mass is 356 g/mol. The summed E-state index contributed by atoms with van der Waals surface area (Å²) in [6.07, 6.45) is 3.15. The third kappa shape index (κ3) is 3.10. The Morgan fingerprint density at radius 1 is 1.27 bits per heavy atom. The molecule has 3 aromatic rings. The van der Waals surface area contributed by atoms with E-state index in [2.05, 4.69) is 15.3 Å². The standard InChI is InChI=1S/C18H17FN4O3/c1-11-15(9-20-25-11)18(24)23-8-2-3-13(10-23)17-21-16(22-26-17)12-4-6-14(19)7-5-12/h4-7,9,13H,2-3,8,10H2,1H3/t13-/m0/s1. The minimum Gasteiger partial charge on any atom is -0.361 e. The Bertz CT molecular complexity index is 919. The maximum atomic E-state index is 13.0. The predicted molar refractivity (Wildman–Crippen MR) is 88.8 cm³/mol. The van der Waals surface area contributed by atoms with Crippen LogP contribution in [-0.4, -0.2) is 39.2 Å². The van der Waals surface area contributed by atoms with Crippen LogP contribution in [0.4, 0.5) is 4.39 Å². The van der Waals surface area contributed by atoms with Crippen LogP contribution in [0.25, 0.3) is 11.4 Å². The van der Waals surface area contributed by atoms with Gasteiger partial charge in [0.15, 0.2) is 0 Å². The van der Waals surface area contributed by atoms with Crippen LogP contribution in [0.2, 0.25) is 0 Å². The van der Waals surface area contributed by atoms with Crippen molar-refractivity contribution in [1.29, 1.82) is 0 Å². The lowest BCUT2D eigenvalue weighted by Gasteiger charge is -2.30. The Morgan fingerprint density at radius 3 is 2.81 bits per heavy atom. The van der Waals surface area contributed by atoms with Gasteiger partial charge < -0.3 is 13.9 Å². The minimum atomic E-state index is -0.317. The third-order valence-electron chi connectivity index (χ3n) is 4.58. The number of nitrogens with zero attached hydrogens (tertiary/aromatic N) is 4. The first-order valence-electron chi connectivity index (χ1n) is 8.42. The zero-order valence-corrected chi connectivity index (χ0v) is 14.2. The maximum Gasteiger partial charge on any atom is 0.259 e. The molecule has 0 aliphatic carbocycles. The molecule has 2 aromatic heterocycles. The van der Waals surface area contributed by atoms with Crippen LogP contribution < -0.4 is 0 Å². The number of halogens is 1. The van der Waals surface area contributed by atoms with E-state index in [9.17, 15) is 9.18 Å². The topological polar surface area (TPSA) is 85.3 Å². The van der Waals surface area contributed by atoms with Gasteiger partial charge in [-0.3, -0.25) is 4.79 Å². The van der Waals surface area contributed by atoms with E-state index >= 15 is 0 Å². The maximum absolute atomic E-state index is 13.0. The number of aromatic nitrogens is 3. The van der Waals surface area contributed by atoms with Crippen molar-refractivity contribution in [3.8, 4) is 11.4 Å². The molecule has 7 nitrogen and oxygen atoms in total. The first-order chi connectivity index (χ1) is 12.6. The van der Waals surface area contributed by atoms with Crippen molar-refractivity contribution in [2.24, 2.45) is 0 Å². The Balaban J connectivity index is 1.51. The van der Waals surface area contributed by atoms with E-state index in [0.717, 1.165) is 12.8 Å². The van der Waals surface area contributed by atoms with Crippen LogP contribution in [0.15, 0.2) is 39.5 Å². The zero-order chi connectivity index (χ0) is 18.1. The van der Waals surface area contributed by atoms with Crippen molar-refractivity contribution in [3.63, 3.8) is 0 Å². The number of likely N-dealkylation sites (tertiary alicyclic amines) is 1. The second kappa shape index (κ2) is 6.70. The summed E-state index contributed by atoms with van der Waals surface area (Å²) in [4.78, 5) is 18.8. The molecule has 0 spiro atoms. The molecule has 0 N–H and O–H groups in total. The molecule has 0 radical (unpaired) electrons. The van der Waals surface area contributed by atoms with Gasteiger partial charge in [0, 0.05) is 18.7 Å². The van der Waals surface area contributed by atoms with Crippen molar-refractivity contribution in [2.45, 2.75) is 25.7 Å². The SMILES string of the molecule is Cc1oncc1C(=O)N1CCC[C@H](c2nc(-c3ccc(F)cc3)no2)C1. The summed E-state index contributed by atoms with van der Waals surface area (Å²) < 4.78 is 23.4. The van der Waals surface area contributed by atoms with E-state index in [1.54, 1.807) is 24.0 Å². The van der Waals surface area contributed by atoms with E-state index in [1.165, 1.54) is 18.3 Å². The first kappa shape index (κ1) is 16.4. The smallest absolute Gasteiger partial charge is 0.259 e. The first-order valence-corrected chi connectivity index (χ1v) is 8.42. The number of carbonyl (C=O) groups is 1. The van der Waals surface area contributed by atoms with E-state index in [1.807, 2.05) is 0 Å². The number of aryl methyl sites for hydroxylation is 1. The van der Waals surface area contributed by atoms with Crippen LogP contribution in [0, 0.1) is 12.7 Å². The van der Waals surface area contributed by atoms with Gasteiger partial charge in [-0.05, 0) is 44.0 Å². The molecule has 0 unspecified atom stereocenters. The molecule has 1 amide bonds. The van der Waals surface area contributed by atoms with Gasteiger partial charge in [0.2, 0.25) is 11.7 Å². The molecule has 1 aliphatic rings. The summed E-state index contributed by atoms with van der Waals surface area (Å²) in [6, 6.07) is 5.92. The molecule has 8 heteroatoms. The lowest BCUT2D eigenvalue weighted by molar-refractivity contribution is 0.0694. The lowest BCUT2D eigenvalue weighted by Crippen LogP contribution is -2.39. The van der Waals surface area contributed by atoms with Crippen LogP contribution in [0.3, 0.4) is 0 Å². The van der Waals surface area contributed by atoms with Crippen molar-refractivity contribution in [2.75, 3.05) is 13.1 Å². The average molecular weight is 356 g/mol. The molecule has 1 atom stereocenters. The highest BCUT2D eigenvalue weighted by Crippen LogP contribution is 2.28. The average Bonchev–Trinajstić information content (AvgIpc) is 3.31. The van der Waals surface area contributed by atoms with Crippen molar-refractivity contribution in [1.82, 2.24) is 20.2 Å². The fourth-order valence-electron chi connectivity index (χ4n) is 3.15. The highest BCUT2D eigenvalue weighted by Gasteiger charge is 2.30. The summed E-state index contributed by atoms with van der Waals surface area (Å²) in [6.45, 7) is 2.88. The fourth-order valence-corrected chi connectivity index (χ4v) is 3.15. The largest absolute Gasteiger partial charge is 0.361 e. The second-order valence-corrected chi connectivity index (χ2v) is 6.35. The second-order valence-electron chi connectivity index (χ2n) is 6.35. The number of hydrogen-bond acceptors (Lipinski definition) is 6. The summed E-state index contributed by atoms with van der Waals surface area (Å²) in [7, 11) is 0. The summed E-state index contributed by atoms with van der Waals surface area (Å²) in [5.74, 6) is 0.958. The van der Waals surface area contributed by atoms with Gasteiger partial charge in [-0.25, -0.2) is 4.39 Å². The molecule has 26 heavy (non-hydrogen) atoms. The number of amides is 1. The van der Waals surface area contributed by atoms with Crippen LogP contribution in [-0.2, 0) is 0 Å². The summed E-state index contributed by atoms with van der Waals surface area (Å²) >= 11 is 0. The Morgan fingerprint density at radius 2 is 2.08 bits per heavy atom. The molecular weight excluding hydrogens is 339 g/mol. The molecule has 1 aliphatic heterocycles. The van der Waals surface area contributed by atoms with Crippen molar-refractivity contribution >= 4 is 5.91 Å². The Kier molecular flexibility index (Phi) is 4.24. The van der Waals surface area contributed by atoms with Crippen LogP contribution >= 0.6 is 0 Å². The van der Waals surface area contributed by atoms with Gasteiger partial charge in [-0.1, -0.05) is 10.3 Å². The zero-order valence-electron chi connectivity index (χ0n) is 14.2. The van der Waals surface area contributed by atoms with Gasteiger partial charge in [0.25, 0.3) is 5.91 Å². The third-order valence-corrected chi connectivity index (χ3v) is 4.58. The van der Waals surface area contributed by atoms with Gasteiger partial charge in [-0.15, -0.1) is 0 Å². The summed E-state index contributed by atoms with van der Waals surface area (Å²) in [5.41, 5.74) is 1.16. The minimum absolute atomic E-state index is 0.0328. The molecule has 3 heterocycles. The molecule has 4 rings (SSSR count). The van der Waals surface area contributed by atoms with E-state index in [-0.39, 0.29) is 17.6 Å². The molecule has 0 bridgehead atoms. The van der Waals surface area contributed by atoms with Gasteiger partial charge in [0.1, 0.15) is 17.1 Å². The number of carbonyl (C=O) groups excluding carboxylic acids is 1.